The highest BCUT2D eigenvalue weighted by molar-refractivity contribution is 5.84. The number of anilines is 2. The van der Waals surface area contributed by atoms with Crippen molar-refractivity contribution in [2.24, 2.45) is 0 Å². The van der Waals surface area contributed by atoms with E-state index in [9.17, 15) is 5.11 Å². The fourth-order valence-electron chi connectivity index (χ4n) is 2.99. The van der Waals surface area contributed by atoms with E-state index in [0.717, 1.165) is 49.5 Å². The van der Waals surface area contributed by atoms with Crippen LogP contribution in [0.2, 0.25) is 0 Å². The SMILES string of the molecule is CC[C@H](CO)Nc1nc(NCCCCCN(C)CC)c2ncn(C(C)C)c2n1. The molecule has 0 aliphatic carbocycles. The number of fused-ring (bicyclic) bond motifs is 1. The molecule has 158 valence electrons. The second kappa shape index (κ2) is 11.2. The van der Waals surface area contributed by atoms with Crippen LogP contribution in [0.3, 0.4) is 0 Å². The molecule has 2 aromatic heterocycles. The Hall–Kier alpha value is -1.93. The average Bonchev–Trinajstić information content (AvgIpc) is 3.12. The van der Waals surface area contributed by atoms with Gasteiger partial charge in [-0.25, -0.2) is 4.98 Å². The van der Waals surface area contributed by atoms with E-state index in [2.05, 4.69) is 58.3 Å². The minimum Gasteiger partial charge on any atom is -0.394 e. The van der Waals surface area contributed by atoms with E-state index in [4.69, 9.17) is 0 Å². The Morgan fingerprint density at radius 3 is 2.61 bits per heavy atom. The third-order valence-electron chi connectivity index (χ3n) is 5.07. The van der Waals surface area contributed by atoms with Crippen molar-refractivity contribution in [3.8, 4) is 0 Å². The molecule has 0 saturated heterocycles. The van der Waals surface area contributed by atoms with Crippen molar-refractivity contribution < 1.29 is 5.11 Å². The maximum absolute atomic E-state index is 9.50. The molecule has 0 aliphatic rings. The maximum Gasteiger partial charge on any atom is 0.227 e. The zero-order valence-electron chi connectivity index (χ0n) is 18.1. The van der Waals surface area contributed by atoms with Crippen LogP contribution in [-0.4, -0.2) is 68.9 Å². The quantitative estimate of drug-likeness (QED) is 0.452. The number of hydrogen-bond donors (Lipinski definition) is 3. The number of aromatic nitrogens is 4. The molecule has 0 aliphatic heterocycles. The molecule has 0 saturated carbocycles. The summed E-state index contributed by atoms with van der Waals surface area (Å²) in [5.41, 5.74) is 1.61. The Labute approximate surface area is 168 Å². The lowest BCUT2D eigenvalue weighted by Crippen LogP contribution is -2.24. The van der Waals surface area contributed by atoms with Crippen molar-refractivity contribution in [2.75, 3.05) is 43.9 Å². The fourth-order valence-corrected chi connectivity index (χ4v) is 2.99. The Morgan fingerprint density at radius 2 is 1.96 bits per heavy atom. The highest BCUT2D eigenvalue weighted by Gasteiger charge is 2.16. The largest absolute Gasteiger partial charge is 0.394 e. The van der Waals surface area contributed by atoms with E-state index < -0.39 is 0 Å². The number of rotatable bonds is 13. The first-order chi connectivity index (χ1) is 13.5. The molecule has 0 bridgehead atoms. The third kappa shape index (κ3) is 6.04. The lowest BCUT2D eigenvalue weighted by Gasteiger charge is -2.16. The van der Waals surface area contributed by atoms with Crippen molar-refractivity contribution >= 4 is 22.9 Å². The Balaban J connectivity index is 2.09. The number of hydrogen-bond acceptors (Lipinski definition) is 7. The maximum atomic E-state index is 9.50. The average molecular weight is 392 g/mol. The minimum absolute atomic E-state index is 0.0519. The number of aliphatic hydroxyl groups excluding tert-OH is 1. The van der Waals surface area contributed by atoms with Gasteiger partial charge in [0.05, 0.1) is 19.0 Å². The second-order valence-corrected chi connectivity index (χ2v) is 7.63. The van der Waals surface area contributed by atoms with Crippen molar-refractivity contribution in [1.82, 2.24) is 24.4 Å². The monoisotopic (exact) mass is 391 g/mol. The van der Waals surface area contributed by atoms with Gasteiger partial charge in [-0.2, -0.15) is 9.97 Å². The van der Waals surface area contributed by atoms with Crippen molar-refractivity contribution in [1.29, 1.82) is 0 Å². The summed E-state index contributed by atoms with van der Waals surface area (Å²) in [6.45, 7) is 11.6. The van der Waals surface area contributed by atoms with E-state index in [1.807, 2.05) is 17.8 Å². The molecule has 0 radical (unpaired) electrons. The summed E-state index contributed by atoms with van der Waals surface area (Å²) >= 11 is 0. The molecule has 0 amide bonds. The van der Waals surface area contributed by atoms with Gasteiger partial charge in [0.25, 0.3) is 0 Å². The molecule has 2 heterocycles. The molecule has 8 nitrogen and oxygen atoms in total. The van der Waals surface area contributed by atoms with Crippen molar-refractivity contribution in [2.45, 2.75) is 65.5 Å². The summed E-state index contributed by atoms with van der Waals surface area (Å²) in [5, 5.41) is 16.2. The first-order valence-corrected chi connectivity index (χ1v) is 10.5. The molecular weight excluding hydrogens is 354 g/mol. The number of nitrogens with zero attached hydrogens (tertiary/aromatic N) is 5. The van der Waals surface area contributed by atoms with Crippen LogP contribution >= 0.6 is 0 Å². The molecule has 1 atom stereocenters. The number of unbranched alkanes of at least 4 members (excludes halogenated alkanes) is 2. The van der Waals surface area contributed by atoms with Crippen molar-refractivity contribution in [3.05, 3.63) is 6.33 Å². The fraction of sp³-hybridized carbons (Fsp3) is 0.750. The molecule has 0 aromatic carbocycles. The molecule has 8 heteroatoms. The van der Waals surface area contributed by atoms with E-state index in [-0.39, 0.29) is 18.7 Å². The summed E-state index contributed by atoms with van der Waals surface area (Å²) in [7, 11) is 2.16. The summed E-state index contributed by atoms with van der Waals surface area (Å²) in [6.07, 6.45) is 6.10. The molecule has 0 unspecified atom stereocenters. The van der Waals surface area contributed by atoms with E-state index in [1.165, 1.54) is 12.8 Å². The van der Waals surface area contributed by atoms with Gasteiger partial charge in [0.15, 0.2) is 17.0 Å². The van der Waals surface area contributed by atoms with Crippen LogP contribution in [0.5, 0.6) is 0 Å². The summed E-state index contributed by atoms with van der Waals surface area (Å²) in [4.78, 5) is 16.2. The third-order valence-corrected chi connectivity index (χ3v) is 5.07. The first-order valence-electron chi connectivity index (χ1n) is 10.5. The smallest absolute Gasteiger partial charge is 0.227 e. The van der Waals surface area contributed by atoms with Crippen LogP contribution in [-0.2, 0) is 0 Å². The van der Waals surface area contributed by atoms with Gasteiger partial charge >= 0.3 is 0 Å². The van der Waals surface area contributed by atoms with Gasteiger partial charge in [0, 0.05) is 12.6 Å². The Bertz CT molecular complexity index is 712. The zero-order chi connectivity index (χ0) is 20.5. The minimum atomic E-state index is -0.0590. The highest BCUT2D eigenvalue weighted by Crippen LogP contribution is 2.23. The Kier molecular flexibility index (Phi) is 8.92. The van der Waals surface area contributed by atoms with Gasteiger partial charge in [-0.3, -0.25) is 0 Å². The molecule has 3 N–H and O–H groups in total. The summed E-state index contributed by atoms with van der Waals surface area (Å²) < 4.78 is 2.05. The molecule has 2 rings (SSSR count). The lowest BCUT2D eigenvalue weighted by molar-refractivity contribution is 0.271. The second-order valence-electron chi connectivity index (χ2n) is 7.63. The van der Waals surface area contributed by atoms with Crippen LogP contribution in [0.4, 0.5) is 11.8 Å². The van der Waals surface area contributed by atoms with Gasteiger partial charge in [-0.05, 0) is 53.2 Å². The topological polar surface area (TPSA) is 91.1 Å². The van der Waals surface area contributed by atoms with Crippen LogP contribution in [0.25, 0.3) is 11.2 Å². The van der Waals surface area contributed by atoms with Crippen LogP contribution in [0.15, 0.2) is 6.33 Å². The van der Waals surface area contributed by atoms with Gasteiger partial charge in [0.1, 0.15) is 0 Å². The molecule has 28 heavy (non-hydrogen) atoms. The summed E-state index contributed by atoms with van der Waals surface area (Å²) in [5.74, 6) is 1.29. The van der Waals surface area contributed by atoms with E-state index >= 15 is 0 Å². The first kappa shape index (κ1) is 22.4. The molecule has 0 fully saturated rings. The normalized spacial score (nSPS) is 12.9. The van der Waals surface area contributed by atoms with Gasteiger partial charge in [-0.15, -0.1) is 0 Å². The standard InChI is InChI=1S/C20H37N7O/c1-6-16(13-28)23-20-24-18(21-11-9-8-10-12-26(5)7-2)17-19(25-20)27(14-22-17)15(3)4/h14-16,28H,6-13H2,1-5H3,(H2,21,23,24,25)/t16-/m1/s1. The number of aliphatic hydroxyl groups is 1. The molecule has 0 spiro atoms. The van der Waals surface area contributed by atoms with E-state index in [0.29, 0.717) is 5.95 Å². The van der Waals surface area contributed by atoms with Crippen LogP contribution in [0, 0.1) is 0 Å². The van der Waals surface area contributed by atoms with Crippen molar-refractivity contribution in [3.63, 3.8) is 0 Å². The molecule has 2 aromatic rings. The predicted octanol–water partition coefficient (Wildman–Crippen LogP) is 3.12. The lowest BCUT2D eigenvalue weighted by atomic mass is 10.2. The molecular formula is C20H37N7O. The zero-order valence-corrected chi connectivity index (χ0v) is 18.1. The van der Waals surface area contributed by atoms with Crippen LogP contribution in [0.1, 0.15) is 59.4 Å². The predicted molar refractivity (Wildman–Crippen MR) is 116 cm³/mol. The Morgan fingerprint density at radius 1 is 1.18 bits per heavy atom. The highest BCUT2D eigenvalue weighted by atomic mass is 16.3. The number of imidazole rings is 1. The summed E-state index contributed by atoms with van der Waals surface area (Å²) in [6, 6.07) is 0.201. The number of nitrogens with one attached hydrogen (secondary N) is 2. The van der Waals surface area contributed by atoms with Gasteiger partial charge < -0.3 is 25.2 Å². The van der Waals surface area contributed by atoms with Gasteiger partial charge in [0.2, 0.25) is 5.95 Å². The van der Waals surface area contributed by atoms with Crippen LogP contribution < -0.4 is 10.6 Å². The van der Waals surface area contributed by atoms with Gasteiger partial charge in [-0.1, -0.05) is 20.3 Å². The van der Waals surface area contributed by atoms with E-state index in [1.54, 1.807) is 0 Å².